The molecule has 1 aliphatic heterocycles. The zero-order valence-electron chi connectivity index (χ0n) is 13.1. The first-order chi connectivity index (χ1) is 10.4. The van der Waals surface area contributed by atoms with E-state index in [1.807, 2.05) is 0 Å². The molecule has 122 valence electrons. The van der Waals surface area contributed by atoms with Crippen LogP contribution < -0.4 is 4.74 Å². The zero-order valence-corrected chi connectivity index (χ0v) is 13.1. The van der Waals surface area contributed by atoms with E-state index < -0.39 is 11.0 Å². The molecule has 1 saturated heterocycles. The molecule has 0 spiro atoms. The number of rotatable bonds is 6. The number of benzene rings is 1. The fraction of sp³-hybridized carbons (Fsp3) is 0.625. The van der Waals surface area contributed by atoms with Crippen LogP contribution in [0.5, 0.6) is 5.75 Å². The zero-order chi connectivity index (χ0) is 16.1. The molecule has 0 unspecified atom stereocenters. The Morgan fingerprint density at radius 3 is 2.45 bits per heavy atom. The second-order valence-electron chi connectivity index (χ2n) is 6.38. The van der Waals surface area contributed by atoms with Gasteiger partial charge in [-0.3, -0.25) is 10.1 Å². The van der Waals surface area contributed by atoms with Crippen molar-refractivity contribution >= 4 is 5.69 Å². The van der Waals surface area contributed by atoms with Gasteiger partial charge >= 0.3 is 0 Å². The van der Waals surface area contributed by atoms with Crippen LogP contribution in [0, 0.1) is 22.0 Å². The summed E-state index contributed by atoms with van der Waals surface area (Å²) in [5.41, 5.74) is 0.0317. The van der Waals surface area contributed by atoms with Crippen LogP contribution in [0.4, 0.5) is 5.69 Å². The van der Waals surface area contributed by atoms with E-state index in [0.29, 0.717) is 24.1 Å². The highest BCUT2D eigenvalue weighted by atomic mass is 16.6. The smallest absolute Gasteiger partial charge is 0.269 e. The van der Waals surface area contributed by atoms with Crippen molar-refractivity contribution < 1.29 is 14.8 Å². The van der Waals surface area contributed by atoms with Crippen molar-refractivity contribution in [1.82, 2.24) is 4.90 Å². The Hall–Kier alpha value is -1.66. The Bertz CT molecular complexity index is 481. The van der Waals surface area contributed by atoms with Crippen molar-refractivity contribution in [1.29, 1.82) is 0 Å². The fourth-order valence-corrected chi connectivity index (χ4v) is 3.15. The highest BCUT2D eigenvalue weighted by Crippen LogP contribution is 2.21. The standard InChI is InChI=1S/C16H24N2O4/c1-12-7-13(2)9-17(8-12)10-15(19)11-22-16-5-3-14(4-6-16)18(20)21/h3-6,12-13,15,19H,7-11H2,1-2H3/t12-,13-,15-/m0/s1. The van der Waals surface area contributed by atoms with Crippen LogP contribution in [0.1, 0.15) is 20.3 Å². The van der Waals surface area contributed by atoms with E-state index in [1.165, 1.54) is 18.6 Å². The lowest BCUT2D eigenvalue weighted by molar-refractivity contribution is -0.384. The second kappa shape index (κ2) is 7.56. The largest absolute Gasteiger partial charge is 0.491 e. The molecule has 0 aliphatic carbocycles. The average Bonchev–Trinajstić information content (AvgIpc) is 2.44. The lowest BCUT2D eigenvalue weighted by Crippen LogP contribution is -2.43. The van der Waals surface area contributed by atoms with Gasteiger partial charge in [0.25, 0.3) is 5.69 Å². The quantitative estimate of drug-likeness (QED) is 0.644. The highest BCUT2D eigenvalue weighted by molar-refractivity contribution is 5.35. The minimum absolute atomic E-state index is 0.0317. The summed E-state index contributed by atoms with van der Waals surface area (Å²) >= 11 is 0. The molecule has 1 heterocycles. The second-order valence-corrected chi connectivity index (χ2v) is 6.38. The molecule has 0 saturated carbocycles. The third-order valence-electron chi connectivity index (χ3n) is 3.90. The number of aliphatic hydroxyl groups is 1. The maximum Gasteiger partial charge on any atom is 0.269 e. The number of piperidine rings is 1. The van der Waals surface area contributed by atoms with Crippen molar-refractivity contribution in [2.45, 2.75) is 26.4 Å². The van der Waals surface area contributed by atoms with E-state index in [0.717, 1.165) is 13.1 Å². The molecule has 0 aromatic heterocycles. The topological polar surface area (TPSA) is 75.8 Å². The Kier molecular flexibility index (Phi) is 5.74. The fourth-order valence-electron chi connectivity index (χ4n) is 3.15. The van der Waals surface area contributed by atoms with Gasteiger partial charge in [-0.1, -0.05) is 13.8 Å². The molecule has 1 aromatic rings. The number of aliphatic hydroxyl groups excluding tert-OH is 1. The Morgan fingerprint density at radius 2 is 1.91 bits per heavy atom. The van der Waals surface area contributed by atoms with Gasteiger partial charge in [0.1, 0.15) is 18.5 Å². The first-order valence-electron chi connectivity index (χ1n) is 7.71. The summed E-state index contributed by atoms with van der Waals surface area (Å²) < 4.78 is 5.50. The predicted molar refractivity (Wildman–Crippen MR) is 84.0 cm³/mol. The highest BCUT2D eigenvalue weighted by Gasteiger charge is 2.23. The first-order valence-corrected chi connectivity index (χ1v) is 7.71. The summed E-state index contributed by atoms with van der Waals surface area (Å²) in [4.78, 5) is 12.4. The van der Waals surface area contributed by atoms with Gasteiger partial charge in [0.15, 0.2) is 0 Å². The van der Waals surface area contributed by atoms with Gasteiger partial charge < -0.3 is 14.7 Å². The molecule has 3 atom stereocenters. The molecule has 0 amide bonds. The number of nitrogens with zero attached hydrogens (tertiary/aromatic N) is 2. The lowest BCUT2D eigenvalue weighted by Gasteiger charge is -2.35. The minimum Gasteiger partial charge on any atom is -0.491 e. The minimum atomic E-state index is -0.562. The normalized spacial score (nSPS) is 24.0. The van der Waals surface area contributed by atoms with Gasteiger partial charge in [-0.05, 0) is 30.4 Å². The van der Waals surface area contributed by atoms with Gasteiger partial charge in [0.2, 0.25) is 0 Å². The van der Waals surface area contributed by atoms with Crippen LogP contribution in [-0.4, -0.2) is 47.3 Å². The third kappa shape index (κ3) is 4.96. The molecular formula is C16H24N2O4. The average molecular weight is 308 g/mol. The van der Waals surface area contributed by atoms with E-state index in [-0.39, 0.29) is 12.3 Å². The van der Waals surface area contributed by atoms with Crippen LogP contribution in [-0.2, 0) is 0 Å². The van der Waals surface area contributed by atoms with Crippen molar-refractivity contribution in [2.75, 3.05) is 26.2 Å². The Morgan fingerprint density at radius 1 is 1.32 bits per heavy atom. The molecule has 1 fully saturated rings. The molecule has 6 nitrogen and oxygen atoms in total. The monoisotopic (exact) mass is 308 g/mol. The number of β-amino-alcohol motifs (C(OH)–C–C–N with tert-alkyl or cyclic N) is 1. The maximum absolute atomic E-state index is 10.6. The van der Waals surface area contributed by atoms with Crippen molar-refractivity contribution in [2.24, 2.45) is 11.8 Å². The summed E-state index contributed by atoms with van der Waals surface area (Å²) in [5.74, 6) is 1.85. The maximum atomic E-state index is 10.6. The number of hydrogen-bond acceptors (Lipinski definition) is 5. The Balaban J connectivity index is 1.77. The number of likely N-dealkylation sites (tertiary alicyclic amines) is 1. The van der Waals surface area contributed by atoms with E-state index in [1.54, 1.807) is 12.1 Å². The Labute approximate surface area is 130 Å². The van der Waals surface area contributed by atoms with Gasteiger partial charge in [-0.25, -0.2) is 0 Å². The van der Waals surface area contributed by atoms with Gasteiger partial charge in [0.05, 0.1) is 4.92 Å². The molecule has 1 aliphatic rings. The SMILES string of the molecule is C[C@H]1C[C@H](C)CN(C[C@H](O)COc2ccc([N+](=O)[O-])cc2)C1. The number of nitro benzene ring substituents is 1. The van der Waals surface area contributed by atoms with Crippen molar-refractivity contribution in [3.05, 3.63) is 34.4 Å². The van der Waals surface area contributed by atoms with Crippen LogP contribution in [0.25, 0.3) is 0 Å². The molecular weight excluding hydrogens is 284 g/mol. The summed E-state index contributed by atoms with van der Waals surface area (Å²) in [5, 5.41) is 20.7. The summed E-state index contributed by atoms with van der Waals surface area (Å²) in [7, 11) is 0. The van der Waals surface area contributed by atoms with Crippen LogP contribution in [0.2, 0.25) is 0 Å². The lowest BCUT2D eigenvalue weighted by atomic mass is 9.92. The number of nitro groups is 1. The summed E-state index contributed by atoms with van der Waals surface area (Å²) in [6.45, 7) is 7.29. The molecule has 0 bridgehead atoms. The summed E-state index contributed by atoms with van der Waals surface area (Å²) in [6, 6.07) is 5.90. The van der Waals surface area contributed by atoms with Crippen LogP contribution in [0.3, 0.4) is 0 Å². The van der Waals surface area contributed by atoms with E-state index >= 15 is 0 Å². The molecule has 1 aromatic carbocycles. The molecule has 2 rings (SSSR count). The van der Waals surface area contributed by atoms with E-state index in [4.69, 9.17) is 4.74 Å². The molecule has 0 radical (unpaired) electrons. The van der Waals surface area contributed by atoms with Crippen molar-refractivity contribution in [3.8, 4) is 5.75 Å². The molecule has 1 N–H and O–H groups in total. The first kappa shape index (κ1) is 16.7. The van der Waals surface area contributed by atoms with Gasteiger partial charge in [-0.15, -0.1) is 0 Å². The van der Waals surface area contributed by atoms with Crippen molar-refractivity contribution in [3.63, 3.8) is 0 Å². The summed E-state index contributed by atoms with van der Waals surface area (Å²) in [6.07, 6.45) is 0.680. The number of hydrogen-bond donors (Lipinski definition) is 1. The molecule has 22 heavy (non-hydrogen) atoms. The van der Waals surface area contributed by atoms with E-state index in [2.05, 4.69) is 18.7 Å². The van der Waals surface area contributed by atoms with Crippen LogP contribution in [0.15, 0.2) is 24.3 Å². The third-order valence-corrected chi connectivity index (χ3v) is 3.90. The van der Waals surface area contributed by atoms with Crippen LogP contribution >= 0.6 is 0 Å². The molecule has 6 heteroatoms. The van der Waals surface area contributed by atoms with E-state index in [9.17, 15) is 15.2 Å². The number of non-ortho nitro benzene ring substituents is 1. The van der Waals surface area contributed by atoms with Gasteiger partial charge in [-0.2, -0.15) is 0 Å². The number of ether oxygens (including phenoxy) is 1. The van der Waals surface area contributed by atoms with Gasteiger partial charge in [0, 0.05) is 31.8 Å². The predicted octanol–water partition coefficient (Wildman–Crippen LogP) is 2.31.